The number of amides is 2. The zero-order chi connectivity index (χ0) is 35.0. The van der Waals surface area contributed by atoms with Crippen LogP contribution in [0.3, 0.4) is 0 Å². The number of carbonyl (C=O) groups is 2. The number of sulfonamides is 1. The first-order valence-electron chi connectivity index (χ1n) is 16.4. The third-order valence-electron chi connectivity index (χ3n) is 8.79. The molecule has 0 heterocycles. The molecule has 5 rings (SSSR count). The molecule has 0 spiro atoms. The highest BCUT2D eigenvalue weighted by molar-refractivity contribution is 7.92. The van der Waals surface area contributed by atoms with E-state index in [1.807, 2.05) is 37.3 Å². The molecule has 0 bridgehead atoms. The summed E-state index contributed by atoms with van der Waals surface area (Å²) in [4.78, 5) is 30.5. The minimum Gasteiger partial charge on any atom is -0.495 e. The zero-order valence-corrected chi connectivity index (χ0v) is 30.0. The molecule has 1 fully saturated rings. The summed E-state index contributed by atoms with van der Waals surface area (Å²) in [5, 5.41) is 4.01. The fourth-order valence-corrected chi connectivity index (χ4v) is 7.80. The van der Waals surface area contributed by atoms with E-state index in [2.05, 4.69) is 5.32 Å². The standard InChI is InChI=1S/C38H41Cl2N3O5S/c1-27-13-20-33(21-14-27)49(46,47)43(34-24-31(40)19-22-36(34)48-2)26-37(44)42(25-29-15-17-30(39)18-16-29)35(23-28-9-5-3-6-10-28)38(45)41-32-11-7-4-8-12-32/h3,5-6,9-10,13-22,24,32,35H,4,7-8,11-12,23,25-26H2,1-2H3,(H,41,45)/t35-/m1/s1. The largest absolute Gasteiger partial charge is 0.495 e. The summed E-state index contributed by atoms with van der Waals surface area (Å²) in [5.74, 6) is -0.647. The van der Waals surface area contributed by atoms with Crippen molar-refractivity contribution in [3.8, 4) is 5.75 Å². The Balaban J connectivity index is 1.60. The molecule has 49 heavy (non-hydrogen) atoms. The first-order chi connectivity index (χ1) is 23.5. The van der Waals surface area contributed by atoms with Crippen molar-refractivity contribution in [2.24, 2.45) is 0 Å². The van der Waals surface area contributed by atoms with Gasteiger partial charge < -0.3 is 15.0 Å². The van der Waals surface area contributed by atoms with Gasteiger partial charge in [0.15, 0.2) is 0 Å². The van der Waals surface area contributed by atoms with Gasteiger partial charge in [0.05, 0.1) is 17.7 Å². The van der Waals surface area contributed by atoms with Gasteiger partial charge in [-0.25, -0.2) is 8.42 Å². The number of methoxy groups -OCH3 is 1. The van der Waals surface area contributed by atoms with Gasteiger partial charge in [0.25, 0.3) is 10.0 Å². The number of carbonyl (C=O) groups excluding carboxylic acids is 2. The monoisotopic (exact) mass is 721 g/mol. The molecule has 4 aromatic carbocycles. The highest BCUT2D eigenvalue weighted by atomic mass is 35.5. The van der Waals surface area contributed by atoms with E-state index in [-0.39, 0.29) is 46.3 Å². The van der Waals surface area contributed by atoms with Crippen molar-refractivity contribution in [3.05, 3.63) is 124 Å². The highest BCUT2D eigenvalue weighted by Gasteiger charge is 2.36. The number of halogens is 2. The van der Waals surface area contributed by atoms with Gasteiger partial charge in [-0.1, -0.05) is 103 Å². The lowest BCUT2D eigenvalue weighted by molar-refractivity contribution is -0.140. The molecule has 0 unspecified atom stereocenters. The van der Waals surface area contributed by atoms with Gasteiger partial charge in [-0.15, -0.1) is 0 Å². The number of aryl methyl sites for hydroxylation is 1. The maximum absolute atomic E-state index is 14.8. The smallest absolute Gasteiger partial charge is 0.264 e. The molecular formula is C38H41Cl2N3O5S. The third-order valence-corrected chi connectivity index (χ3v) is 11.0. The van der Waals surface area contributed by atoms with Crippen LogP contribution in [0.5, 0.6) is 5.75 Å². The Morgan fingerprint density at radius 3 is 2.16 bits per heavy atom. The molecule has 11 heteroatoms. The Morgan fingerprint density at radius 1 is 0.857 bits per heavy atom. The summed E-state index contributed by atoms with van der Waals surface area (Å²) >= 11 is 12.6. The summed E-state index contributed by atoms with van der Waals surface area (Å²) < 4.78 is 35.4. The number of rotatable bonds is 13. The van der Waals surface area contributed by atoms with Crippen LogP contribution in [0.15, 0.2) is 102 Å². The van der Waals surface area contributed by atoms with Gasteiger partial charge >= 0.3 is 0 Å². The Hall–Kier alpha value is -4.05. The van der Waals surface area contributed by atoms with Crippen molar-refractivity contribution in [3.63, 3.8) is 0 Å². The molecule has 0 aromatic heterocycles. The lowest BCUT2D eigenvalue weighted by Crippen LogP contribution is -2.55. The lowest BCUT2D eigenvalue weighted by atomic mass is 9.94. The molecule has 4 aromatic rings. The Kier molecular flexibility index (Phi) is 12.3. The predicted molar refractivity (Wildman–Crippen MR) is 195 cm³/mol. The van der Waals surface area contributed by atoms with Crippen molar-refractivity contribution < 1.29 is 22.7 Å². The second-order valence-electron chi connectivity index (χ2n) is 12.3. The van der Waals surface area contributed by atoms with Gasteiger partial charge in [-0.05, 0) is 73.4 Å². The SMILES string of the molecule is COc1ccc(Cl)cc1N(CC(=O)N(Cc1ccc(Cl)cc1)[C@H](Cc1ccccc1)C(=O)NC1CCCCC1)S(=O)(=O)c1ccc(C)cc1. The number of hydrogen-bond acceptors (Lipinski definition) is 5. The maximum atomic E-state index is 14.8. The van der Waals surface area contributed by atoms with Crippen molar-refractivity contribution in [2.45, 2.75) is 69.0 Å². The second kappa shape index (κ2) is 16.6. The normalized spacial score (nSPS) is 14.1. The first kappa shape index (κ1) is 36.2. The molecule has 1 aliphatic carbocycles. The van der Waals surface area contributed by atoms with E-state index < -0.39 is 28.5 Å². The van der Waals surface area contributed by atoms with Gasteiger partial charge in [0.1, 0.15) is 18.3 Å². The molecule has 8 nitrogen and oxygen atoms in total. The molecule has 1 N–H and O–H groups in total. The van der Waals surface area contributed by atoms with Crippen molar-refractivity contribution in [1.82, 2.24) is 10.2 Å². The molecular weight excluding hydrogens is 681 g/mol. The number of ether oxygens (including phenoxy) is 1. The van der Waals surface area contributed by atoms with Gasteiger partial charge in [-0.2, -0.15) is 0 Å². The molecule has 2 amide bonds. The predicted octanol–water partition coefficient (Wildman–Crippen LogP) is 7.59. The van der Waals surface area contributed by atoms with E-state index in [1.54, 1.807) is 48.5 Å². The van der Waals surface area contributed by atoms with Crippen LogP contribution < -0.4 is 14.4 Å². The van der Waals surface area contributed by atoms with E-state index in [4.69, 9.17) is 27.9 Å². The van der Waals surface area contributed by atoms with Gasteiger partial charge in [0, 0.05) is 29.1 Å². The summed E-state index contributed by atoms with van der Waals surface area (Å²) in [7, 11) is -2.91. The average molecular weight is 723 g/mol. The van der Waals surface area contributed by atoms with Gasteiger partial charge in [0.2, 0.25) is 11.8 Å². The van der Waals surface area contributed by atoms with Crippen LogP contribution in [0.2, 0.25) is 10.0 Å². The fourth-order valence-electron chi connectivity index (χ4n) is 6.09. The molecule has 0 radical (unpaired) electrons. The summed E-state index contributed by atoms with van der Waals surface area (Å²) in [6.07, 6.45) is 5.13. The Labute approximate surface area is 299 Å². The summed E-state index contributed by atoms with van der Waals surface area (Å²) in [5.41, 5.74) is 2.57. The van der Waals surface area contributed by atoms with E-state index in [9.17, 15) is 18.0 Å². The molecule has 258 valence electrons. The van der Waals surface area contributed by atoms with Crippen LogP contribution in [0.25, 0.3) is 0 Å². The van der Waals surface area contributed by atoms with Crippen molar-refractivity contribution >= 4 is 50.7 Å². The van der Waals surface area contributed by atoms with Crippen molar-refractivity contribution in [2.75, 3.05) is 18.0 Å². The number of benzene rings is 4. The fraction of sp³-hybridized carbons (Fsp3) is 0.316. The number of hydrogen-bond donors (Lipinski definition) is 1. The molecule has 1 saturated carbocycles. The van der Waals surface area contributed by atoms with Crippen LogP contribution in [0.1, 0.15) is 48.8 Å². The van der Waals surface area contributed by atoms with Crippen LogP contribution in [0, 0.1) is 6.92 Å². The van der Waals surface area contributed by atoms with Crippen LogP contribution in [-0.4, -0.2) is 50.9 Å². The number of anilines is 1. The second-order valence-corrected chi connectivity index (χ2v) is 15.1. The van der Waals surface area contributed by atoms with Crippen molar-refractivity contribution in [1.29, 1.82) is 0 Å². The summed E-state index contributed by atoms with van der Waals surface area (Å²) in [6.45, 7) is 1.27. The average Bonchev–Trinajstić information content (AvgIpc) is 3.10. The Bertz CT molecular complexity index is 1830. The van der Waals surface area contributed by atoms with E-state index in [1.165, 1.54) is 30.2 Å². The maximum Gasteiger partial charge on any atom is 0.264 e. The number of nitrogens with one attached hydrogen (secondary N) is 1. The van der Waals surface area contributed by atoms with Crippen LogP contribution in [-0.2, 0) is 32.6 Å². The van der Waals surface area contributed by atoms with E-state index >= 15 is 0 Å². The third kappa shape index (κ3) is 9.35. The quantitative estimate of drug-likeness (QED) is 0.154. The molecule has 0 saturated heterocycles. The topological polar surface area (TPSA) is 96.0 Å². The molecule has 0 aliphatic heterocycles. The molecule has 1 aliphatic rings. The highest BCUT2D eigenvalue weighted by Crippen LogP contribution is 2.35. The van der Waals surface area contributed by atoms with Gasteiger partial charge in [-0.3, -0.25) is 13.9 Å². The Morgan fingerprint density at radius 2 is 1.51 bits per heavy atom. The molecule has 1 atom stereocenters. The lowest BCUT2D eigenvalue weighted by Gasteiger charge is -2.35. The van der Waals surface area contributed by atoms with Crippen LogP contribution >= 0.6 is 23.2 Å². The minimum absolute atomic E-state index is 0.00106. The minimum atomic E-state index is -4.33. The summed E-state index contributed by atoms with van der Waals surface area (Å²) in [6, 6.07) is 26.6. The number of nitrogens with zero attached hydrogens (tertiary/aromatic N) is 2. The first-order valence-corrected chi connectivity index (χ1v) is 18.6. The van der Waals surface area contributed by atoms with Crippen LogP contribution in [0.4, 0.5) is 5.69 Å². The zero-order valence-electron chi connectivity index (χ0n) is 27.6. The van der Waals surface area contributed by atoms with E-state index in [0.29, 0.717) is 5.02 Å². The van der Waals surface area contributed by atoms with E-state index in [0.717, 1.165) is 53.1 Å².